The summed E-state index contributed by atoms with van der Waals surface area (Å²) in [5, 5.41) is 0. The van der Waals surface area contributed by atoms with E-state index in [1.807, 2.05) is 6.92 Å². The molecule has 0 aliphatic rings. The van der Waals surface area contributed by atoms with Gasteiger partial charge in [-0.05, 0) is 12.8 Å². The van der Waals surface area contributed by atoms with Gasteiger partial charge in [-0.1, -0.05) is 13.3 Å². The molecular weight excluding hydrogens is 169 g/mol. The molecule has 0 amide bonds. The molecule has 0 radical (unpaired) electrons. The van der Waals surface area contributed by atoms with Gasteiger partial charge in [0.25, 0.3) is 0 Å². The summed E-state index contributed by atoms with van der Waals surface area (Å²) in [5.74, 6) is -0.450. The highest BCUT2D eigenvalue weighted by molar-refractivity contribution is 7.86. The molecule has 1 atom stereocenters. The summed E-state index contributed by atoms with van der Waals surface area (Å²) in [6.45, 7) is 1.95. The molecule has 0 saturated heterocycles. The smallest absolute Gasteiger partial charge is 0.302 e. The summed E-state index contributed by atoms with van der Waals surface area (Å²) in [5.41, 5.74) is 5.46. The van der Waals surface area contributed by atoms with E-state index in [-0.39, 0.29) is 12.5 Å². The van der Waals surface area contributed by atoms with Crippen LogP contribution in [0.25, 0.3) is 0 Å². The minimum absolute atomic E-state index is 0.189. The highest BCUT2D eigenvalue weighted by Crippen LogP contribution is 2.02. The number of halogens is 1. The molecular formula is C6H14FNO2S. The summed E-state index contributed by atoms with van der Waals surface area (Å²) >= 11 is 0. The largest absolute Gasteiger partial charge is 0.328 e. The minimum atomic E-state index is -4.32. The Hall–Kier alpha value is -0.160. The SMILES string of the molecule is CCCC(N)CCS(=O)(=O)F. The first-order valence-corrected chi connectivity index (χ1v) is 5.19. The van der Waals surface area contributed by atoms with Crippen LogP contribution in [-0.2, 0) is 10.2 Å². The first-order chi connectivity index (χ1) is 4.95. The zero-order valence-electron chi connectivity index (χ0n) is 6.59. The van der Waals surface area contributed by atoms with Crippen molar-refractivity contribution in [1.29, 1.82) is 0 Å². The molecule has 11 heavy (non-hydrogen) atoms. The molecule has 0 aromatic heterocycles. The van der Waals surface area contributed by atoms with E-state index in [0.29, 0.717) is 0 Å². The zero-order chi connectivity index (χ0) is 8.91. The van der Waals surface area contributed by atoms with Crippen LogP contribution in [0.15, 0.2) is 0 Å². The molecule has 2 N–H and O–H groups in total. The molecule has 0 fully saturated rings. The van der Waals surface area contributed by atoms with Crippen LogP contribution in [0.2, 0.25) is 0 Å². The Balaban J connectivity index is 3.54. The Labute approximate surface area is 67.0 Å². The second-order valence-corrected chi connectivity index (χ2v) is 4.07. The molecule has 0 spiro atoms. The van der Waals surface area contributed by atoms with Crippen LogP contribution in [-0.4, -0.2) is 20.2 Å². The highest BCUT2D eigenvalue weighted by atomic mass is 32.3. The van der Waals surface area contributed by atoms with Crippen molar-refractivity contribution < 1.29 is 12.3 Å². The van der Waals surface area contributed by atoms with Crippen molar-refractivity contribution in [2.24, 2.45) is 5.73 Å². The molecule has 0 saturated carbocycles. The Bertz CT molecular complexity index is 191. The molecule has 0 aromatic carbocycles. The fraction of sp³-hybridized carbons (Fsp3) is 1.00. The van der Waals surface area contributed by atoms with E-state index in [1.165, 1.54) is 0 Å². The van der Waals surface area contributed by atoms with Crippen molar-refractivity contribution in [3.63, 3.8) is 0 Å². The van der Waals surface area contributed by atoms with Gasteiger partial charge in [-0.2, -0.15) is 8.42 Å². The lowest BCUT2D eigenvalue weighted by Crippen LogP contribution is -2.22. The van der Waals surface area contributed by atoms with Gasteiger partial charge in [-0.15, -0.1) is 3.89 Å². The number of hydrogen-bond acceptors (Lipinski definition) is 3. The van der Waals surface area contributed by atoms with Gasteiger partial charge in [0.2, 0.25) is 0 Å². The quantitative estimate of drug-likeness (QED) is 0.641. The Kier molecular flexibility index (Phi) is 4.60. The first kappa shape index (κ1) is 10.8. The normalized spacial score (nSPS) is 14.8. The first-order valence-electron chi connectivity index (χ1n) is 3.63. The average molecular weight is 183 g/mol. The van der Waals surface area contributed by atoms with Crippen molar-refractivity contribution in [3.05, 3.63) is 0 Å². The maximum atomic E-state index is 11.9. The summed E-state index contributed by atoms with van der Waals surface area (Å²) in [4.78, 5) is 0. The van der Waals surface area contributed by atoms with E-state index in [4.69, 9.17) is 5.73 Å². The van der Waals surface area contributed by atoms with Crippen LogP contribution >= 0.6 is 0 Å². The number of rotatable bonds is 5. The lowest BCUT2D eigenvalue weighted by Gasteiger charge is -2.06. The van der Waals surface area contributed by atoms with Crippen molar-refractivity contribution in [1.82, 2.24) is 0 Å². The second kappa shape index (κ2) is 4.66. The summed E-state index contributed by atoms with van der Waals surface area (Å²) < 4.78 is 31.9. The molecule has 68 valence electrons. The lowest BCUT2D eigenvalue weighted by atomic mass is 10.1. The third-order valence-electron chi connectivity index (χ3n) is 1.39. The van der Waals surface area contributed by atoms with Gasteiger partial charge >= 0.3 is 10.2 Å². The van der Waals surface area contributed by atoms with E-state index in [2.05, 4.69) is 0 Å². The van der Waals surface area contributed by atoms with E-state index in [1.54, 1.807) is 0 Å². The van der Waals surface area contributed by atoms with Crippen molar-refractivity contribution in [2.45, 2.75) is 32.2 Å². The summed E-state index contributed by atoms with van der Waals surface area (Å²) in [6.07, 6.45) is 1.86. The summed E-state index contributed by atoms with van der Waals surface area (Å²) in [7, 11) is -4.32. The van der Waals surface area contributed by atoms with E-state index in [9.17, 15) is 12.3 Å². The summed E-state index contributed by atoms with van der Waals surface area (Å²) in [6, 6.07) is -0.189. The van der Waals surface area contributed by atoms with Gasteiger partial charge in [0.1, 0.15) is 0 Å². The monoisotopic (exact) mass is 183 g/mol. The van der Waals surface area contributed by atoms with E-state index < -0.39 is 16.0 Å². The van der Waals surface area contributed by atoms with Crippen molar-refractivity contribution in [3.8, 4) is 0 Å². The third-order valence-corrected chi connectivity index (χ3v) is 2.12. The van der Waals surface area contributed by atoms with Gasteiger partial charge < -0.3 is 5.73 Å². The van der Waals surface area contributed by atoms with Gasteiger partial charge in [-0.3, -0.25) is 0 Å². The molecule has 0 bridgehead atoms. The molecule has 0 aliphatic carbocycles. The van der Waals surface area contributed by atoms with E-state index >= 15 is 0 Å². The Morgan fingerprint density at radius 2 is 2.00 bits per heavy atom. The maximum absolute atomic E-state index is 11.9. The number of hydrogen-bond donors (Lipinski definition) is 1. The molecule has 1 unspecified atom stereocenters. The molecule has 0 heterocycles. The van der Waals surface area contributed by atoms with Crippen LogP contribution in [0.1, 0.15) is 26.2 Å². The third kappa shape index (κ3) is 7.74. The predicted molar refractivity (Wildman–Crippen MR) is 42.4 cm³/mol. The van der Waals surface area contributed by atoms with Crippen LogP contribution in [0.5, 0.6) is 0 Å². The van der Waals surface area contributed by atoms with Crippen molar-refractivity contribution in [2.75, 3.05) is 5.75 Å². The fourth-order valence-electron chi connectivity index (χ4n) is 0.807. The van der Waals surface area contributed by atoms with Crippen LogP contribution in [0.4, 0.5) is 3.89 Å². The van der Waals surface area contributed by atoms with Crippen molar-refractivity contribution >= 4 is 10.2 Å². The molecule has 3 nitrogen and oxygen atoms in total. The minimum Gasteiger partial charge on any atom is -0.328 e. The molecule has 0 rings (SSSR count). The van der Waals surface area contributed by atoms with Gasteiger partial charge in [-0.25, -0.2) is 0 Å². The zero-order valence-corrected chi connectivity index (χ0v) is 7.40. The predicted octanol–water partition coefficient (Wildman–Crippen LogP) is 0.803. The topological polar surface area (TPSA) is 60.2 Å². The Morgan fingerprint density at radius 3 is 2.36 bits per heavy atom. The van der Waals surface area contributed by atoms with Crippen LogP contribution in [0.3, 0.4) is 0 Å². The van der Waals surface area contributed by atoms with Crippen LogP contribution < -0.4 is 5.73 Å². The van der Waals surface area contributed by atoms with Gasteiger partial charge in [0.15, 0.2) is 0 Å². The highest BCUT2D eigenvalue weighted by Gasteiger charge is 2.09. The van der Waals surface area contributed by atoms with Gasteiger partial charge in [0, 0.05) is 6.04 Å². The standard InChI is InChI=1S/C6H14FNO2S/c1-2-3-6(8)4-5-11(7,9)10/h6H,2-5,8H2,1H3. The van der Waals surface area contributed by atoms with Gasteiger partial charge in [0.05, 0.1) is 5.75 Å². The lowest BCUT2D eigenvalue weighted by molar-refractivity contribution is 0.532. The molecule has 5 heteroatoms. The molecule has 0 aromatic rings. The van der Waals surface area contributed by atoms with Crippen LogP contribution in [0, 0.1) is 0 Å². The molecule has 0 aliphatic heterocycles. The average Bonchev–Trinajstić information content (AvgIpc) is 1.83. The van der Waals surface area contributed by atoms with E-state index in [0.717, 1.165) is 12.8 Å². The Morgan fingerprint density at radius 1 is 1.45 bits per heavy atom. The number of nitrogens with two attached hydrogens (primary N) is 1. The maximum Gasteiger partial charge on any atom is 0.302 e. The fourth-order valence-corrected chi connectivity index (χ4v) is 1.39. The second-order valence-electron chi connectivity index (χ2n) is 2.58.